The molecular formula is C15H17NO4. The third-order valence-corrected chi connectivity index (χ3v) is 3.04. The minimum atomic E-state index is -0.912. The normalized spacial score (nSPS) is 12.1. The molecule has 2 aromatic rings. The zero-order valence-corrected chi connectivity index (χ0v) is 11.2. The van der Waals surface area contributed by atoms with E-state index in [-0.39, 0.29) is 17.9 Å². The van der Waals surface area contributed by atoms with Gasteiger partial charge in [0.05, 0.1) is 18.4 Å². The second-order valence-electron chi connectivity index (χ2n) is 4.45. The third-order valence-electron chi connectivity index (χ3n) is 3.04. The summed E-state index contributed by atoms with van der Waals surface area (Å²) in [5.74, 6) is -0.118. The number of hydrogen-bond donors (Lipinski definition) is 3. The molecule has 1 unspecified atom stereocenters. The van der Waals surface area contributed by atoms with Crippen LogP contribution in [0, 0.1) is 0 Å². The van der Waals surface area contributed by atoms with Crippen LogP contribution in [0.3, 0.4) is 0 Å². The monoisotopic (exact) mass is 275 g/mol. The molecule has 2 rings (SSSR count). The van der Waals surface area contributed by atoms with Gasteiger partial charge in [0.25, 0.3) is 5.91 Å². The van der Waals surface area contributed by atoms with Crippen LogP contribution >= 0.6 is 0 Å². The van der Waals surface area contributed by atoms with Crippen LogP contribution in [0.15, 0.2) is 41.0 Å². The molecule has 1 heterocycles. The molecule has 0 aliphatic heterocycles. The maximum absolute atomic E-state index is 12.0. The Labute approximate surface area is 116 Å². The molecule has 5 heteroatoms. The minimum Gasteiger partial charge on any atom is -0.507 e. The molecule has 0 aliphatic rings. The summed E-state index contributed by atoms with van der Waals surface area (Å²) in [7, 11) is 0. The van der Waals surface area contributed by atoms with Crippen molar-refractivity contribution in [3.05, 3.63) is 53.5 Å². The van der Waals surface area contributed by atoms with Gasteiger partial charge in [0.15, 0.2) is 0 Å². The van der Waals surface area contributed by atoms with Gasteiger partial charge < -0.3 is 19.9 Å². The Hall–Kier alpha value is -2.27. The molecular weight excluding hydrogens is 258 g/mol. The Morgan fingerprint density at radius 2 is 2.20 bits per heavy atom. The van der Waals surface area contributed by atoms with E-state index in [1.165, 1.54) is 12.3 Å². The Morgan fingerprint density at radius 3 is 2.85 bits per heavy atom. The number of phenols is 1. The summed E-state index contributed by atoms with van der Waals surface area (Å²) in [5.41, 5.74) is 1.16. The van der Waals surface area contributed by atoms with Gasteiger partial charge in [0.1, 0.15) is 17.6 Å². The second-order valence-corrected chi connectivity index (χ2v) is 4.45. The van der Waals surface area contributed by atoms with Crippen LogP contribution < -0.4 is 5.32 Å². The van der Waals surface area contributed by atoms with Crippen molar-refractivity contribution < 1.29 is 19.4 Å². The van der Waals surface area contributed by atoms with Crippen LogP contribution in [-0.4, -0.2) is 22.7 Å². The lowest BCUT2D eigenvalue weighted by Gasteiger charge is -2.11. The lowest BCUT2D eigenvalue weighted by atomic mass is 10.1. The van der Waals surface area contributed by atoms with E-state index in [9.17, 15) is 15.0 Å². The smallest absolute Gasteiger partial charge is 0.255 e. The molecule has 1 amide bonds. The van der Waals surface area contributed by atoms with Gasteiger partial charge in [-0.3, -0.25) is 4.79 Å². The molecule has 1 aromatic carbocycles. The molecule has 20 heavy (non-hydrogen) atoms. The molecule has 5 nitrogen and oxygen atoms in total. The molecule has 0 saturated carbocycles. The maximum Gasteiger partial charge on any atom is 0.255 e. The highest BCUT2D eigenvalue weighted by Crippen LogP contribution is 2.19. The zero-order valence-electron chi connectivity index (χ0n) is 11.2. The first-order valence-electron chi connectivity index (χ1n) is 6.43. The fourth-order valence-corrected chi connectivity index (χ4v) is 1.85. The zero-order chi connectivity index (χ0) is 14.5. The number of rotatable bonds is 5. The van der Waals surface area contributed by atoms with Crippen LogP contribution in [0.5, 0.6) is 5.75 Å². The quantitative estimate of drug-likeness (QED) is 0.779. The van der Waals surface area contributed by atoms with Gasteiger partial charge in [-0.15, -0.1) is 0 Å². The van der Waals surface area contributed by atoms with Gasteiger partial charge in [0.2, 0.25) is 0 Å². The number of aromatic hydroxyl groups is 1. The average Bonchev–Trinajstić information content (AvgIpc) is 2.99. The number of carbonyl (C=O) groups excluding carboxylic acids is 1. The molecule has 0 aliphatic carbocycles. The highest BCUT2D eigenvalue weighted by atomic mass is 16.4. The van der Waals surface area contributed by atoms with Crippen molar-refractivity contribution in [2.24, 2.45) is 0 Å². The first-order valence-corrected chi connectivity index (χ1v) is 6.43. The number of aryl methyl sites for hydroxylation is 1. The SMILES string of the molecule is CCc1ccc(O)c(C(=O)NCC(O)c2ccco2)c1. The molecule has 3 N–H and O–H groups in total. The fourth-order valence-electron chi connectivity index (χ4n) is 1.85. The number of aliphatic hydroxyl groups excluding tert-OH is 1. The molecule has 0 spiro atoms. The number of nitrogens with one attached hydrogen (secondary N) is 1. The Kier molecular flexibility index (Phi) is 4.42. The molecule has 1 aromatic heterocycles. The van der Waals surface area contributed by atoms with E-state index in [0.717, 1.165) is 12.0 Å². The van der Waals surface area contributed by atoms with E-state index in [1.807, 2.05) is 6.92 Å². The standard InChI is InChI=1S/C15H17NO4/c1-2-10-5-6-12(17)11(8-10)15(19)16-9-13(18)14-4-3-7-20-14/h3-8,13,17-18H,2,9H2,1H3,(H,16,19). The first-order chi connectivity index (χ1) is 9.61. The Bertz CT molecular complexity index is 578. The summed E-state index contributed by atoms with van der Waals surface area (Å²) >= 11 is 0. The van der Waals surface area contributed by atoms with E-state index in [4.69, 9.17) is 4.42 Å². The van der Waals surface area contributed by atoms with Crippen molar-refractivity contribution in [2.45, 2.75) is 19.4 Å². The van der Waals surface area contributed by atoms with Gasteiger partial charge in [-0.25, -0.2) is 0 Å². The minimum absolute atomic E-state index is 0.0160. The maximum atomic E-state index is 12.0. The highest BCUT2D eigenvalue weighted by Gasteiger charge is 2.15. The molecule has 106 valence electrons. The largest absolute Gasteiger partial charge is 0.507 e. The number of carbonyl (C=O) groups is 1. The van der Waals surface area contributed by atoms with Crippen LogP contribution in [0.1, 0.15) is 34.7 Å². The summed E-state index contributed by atoms with van der Waals surface area (Å²) in [4.78, 5) is 12.0. The van der Waals surface area contributed by atoms with Crippen LogP contribution in [0.4, 0.5) is 0 Å². The third kappa shape index (κ3) is 3.19. The predicted octanol–water partition coefficient (Wildman–Crippen LogP) is 2.01. The van der Waals surface area contributed by atoms with E-state index >= 15 is 0 Å². The van der Waals surface area contributed by atoms with Crippen molar-refractivity contribution in [1.29, 1.82) is 0 Å². The van der Waals surface area contributed by atoms with E-state index in [1.54, 1.807) is 24.3 Å². The lowest BCUT2D eigenvalue weighted by molar-refractivity contribution is 0.0898. The first kappa shape index (κ1) is 14.1. The molecule has 0 saturated heterocycles. The number of amides is 1. The van der Waals surface area contributed by atoms with Crippen molar-refractivity contribution in [3.63, 3.8) is 0 Å². The number of furan rings is 1. The van der Waals surface area contributed by atoms with Crippen molar-refractivity contribution in [3.8, 4) is 5.75 Å². The summed E-state index contributed by atoms with van der Waals surface area (Å²) in [6.07, 6.45) is 1.32. The number of hydrogen-bond acceptors (Lipinski definition) is 4. The molecule has 0 bridgehead atoms. The van der Waals surface area contributed by atoms with Crippen LogP contribution in [0.2, 0.25) is 0 Å². The number of benzene rings is 1. The Morgan fingerprint density at radius 1 is 1.40 bits per heavy atom. The van der Waals surface area contributed by atoms with Gasteiger partial charge in [-0.05, 0) is 36.2 Å². The topological polar surface area (TPSA) is 82.7 Å². The Balaban J connectivity index is 2.01. The molecule has 0 radical (unpaired) electrons. The van der Waals surface area contributed by atoms with Crippen LogP contribution in [-0.2, 0) is 6.42 Å². The van der Waals surface area contributed by atoms with Gasteiger partial charge >= 0.3 is 0 Å². The van der Waals surface area contributed by atoms with E-state index < -0.39 is 12.0 Å². The molecule has 0 fully saturated rings. The fraction of sp³-hybridized carbons (Fsp3) is 0.267. The van der Waals surface area contributed by atoms with Crippen molar-refractivity contribution in [2.75, 3.05) is 6.54 Å². The summed E-state index contributed by atoms with van der Waals surface area (Å²) in [6, 6.07) is 8.20. The van der Waals surface area contributed by atoms with Gasteiger partial charge in [-0.2, -0.15) is 0 Å². The summed E-state index contributed by atoms with van der Waals surface area (Å²) in [6.45, 7) is 1.98. The predicted molar refractivity (Wildman–Crippen MR) is 73.5 cm³/mol. The van der Waals surface area contributed by atoms with Crippen molar-refractivity contribution >= 4 is 5.91 Å². The van der Waals surface area contributed by atoms with E-state index in [2.05, 4.69) is 5.32 Å². The van der Waals surface area contributed by atoms with Gasteiger partial charge in [0, 0.05) is 0 Å². The van der Waals surface area contributed by atoms with Crippen LogP contribution in [0.25, 0.3) is 0 Å². The van der Waals surface area contributed by atoms with E-state index in [0.29, 0.717) is 5.76 Å². The number of phenolic OH excluding ortho intramolecular Hbond substituents is 1. The van der Waals surface area contributed by atoms with Crippen molar-refractivity contribution in [1.82, 2.24) is 5.32 Å². The summed E-state index contributed by atoms with van der Waals surface area (Å²) < 4.78 is 5.04. The summed E-state index contributed by atoms with van der Waals surface area (Å²) in [5, 5.41) is 22.1. The number of aliphatic hydroxyl groups is 1. The second kappa shape index (κ2) is 6.25. The lowest BCUT2D eigenvalue weighted by Crippen LogP contribution is -2.28. The average molecular weight is 275 g/mol. The highest BCUT2D eigenvalue weighted by molar-refractivity contribution is 5.97. The van der Waals surface area contributed by atoms with Gasteiger partial charge in [-0.1, -0.05) is 13.0 Å². The molecule has 1 atom stereocenters.